The Balaban J connectivity index is 0.746. The number of anilines is 12. The molecule has 0 aromatic heterocycles. The minimum Gasteiger partial charge on any atom is -0.311 e. The number of para-hydroxylation sites is 6. The lowest BCUT2D eigenvalue weighted by atomic mass is 9.67. The molecule has 12 aromatic rings. The van der Waals surface area contributed by atoms with E-state index in [1.54, 1.807) is 0 Å². The van der Waals surface area contributed by atoms with E-state index >= 15 is 0 Å². The molecule has 0 amide bonds. The average molecular weight is 1060 g/mol. The number of rotatable bonds is 14. The number of hydrogen-bond donors (Lipinski definition) is 0. The van der Waals surface area contributed by atoms with Crippen molar-refractivity contribution in [3.8, 4) is 33.4 Å². The maximum atomic E-state index is 2.53. The van der Waals surface area contributed by atoms with E-state index in [0.717, 1.165) is 75.3 Å². The van der Waals surface area contributed by atoms with Crippen molar-refractivity contribution in [2.24, 2.45) is 0 Å². The van der Waals surface area contributed by atoms with Crippen LogP contribution in [-0.2, 0) is 5.41 Å². The molecular weight excluding hydrogens is 993 g/mol. The van der Waals surface area contributed by atoms with Crippen LogP contribution in [0.4, 0.5) is 68.2 Å². The molecule has 0 N–H and O–H groups in total. The molecule has 0 aliphatic heterocycles. The van der Waals surface area contributed by atoms with Crippen LogP contribution in [0.25, 0.3) is 33.4 Å². The molecule has 0 bridgehead atoms. The fourth-order valence-electron chi connectivity index (χ4n) is 12.9. The van der Waals surface area contributed by atoms with Gasteiger partial charge in [0.25, 0.3) is 0 Å². The number of nitrogens with zero attached hydrogens (tertiary/aromatic N) is 4. The molecule has 4 heteroatoms. The van der Waals surface area contributed by atoms with E-state index in [-0.39, 0.29) is 5.41 Å². The Morgan fingerprint density at radius 3 is 0.646 bits per heavy atom. The van der Waals surface area contributed by atoms with E-state index in [4.69, 9.17) is 0 Å². The van der Waals surface area contributed by atoms with Crippen molar-refractivity contribution in [3.05, 3.63) is 327 Å². The van der Waals surface area contributed by atoms with Crippen molar-refractivity contribution < 1.29 is 0 Å². The first kappa shape index (κ1) is 50.1. The Morgan fingerprint density at radius 2 is 0.402 bits per heavy atom. The number of hydrogen-bond acceptors (Lipinski definition) is 4. The first-order valence-corrected chi connectivity index (χ1v) is 28.9. The lowest BCUT2D eigenvalue weighted by molar-refractivity contribution is 0.353. The first-order chi connectivity index (χ1) is 40.6. The van der Waals surface area contributed by atoms with Crippen molar-refractivity contribution >= 4 is 68.2 Å². The van der Waals surface area contributed by atoms with E-state index in [2.05, 4.69) is 335 Å². The van der Waals surface area contributed by atoms with Crippen LogP contribution < -0.4 is 19.6 Å². The highest BCUT2D eigenvalue weighted by Gasteiger charge is 2.44. The second kappa shape index (κ2) is 22.2. The molecule has 0 radical (unpaired) electrons. The second-order valence-corrected chi connectivity index (χ2v) is 21.6. The minimum absolute atomic E-state index is 0.0610. The van der Waals surface area contributed by atoms with Crippen LogP contribution in [0.3, 0.4) is 0 Å². The predicted octanol–water partition coefficient (Wildman–Crippen LogP) is 22.1. The highest BCUT2D eigenvalue weighted by molar-refractivity contribution is 5.90. The van der Waals surface area contributed by atoms with Gasteiger partial charge in [0.05, 0.1) is 0 Å². The van der Waals surface area contributed by atoms with Crippen LogP contribution in [-0.4, -0.2) is 0 Å². The van der Waals surface area contributed by atoms with Gasteiger partial charge in [-0.05, 0) is 203 Å². The molecule has 82 heavy (non-hydrogen) atoms. The summed E-state index contributed by atoms with van der Waals surface area (Å²) in [4.78, 5) is 9.48. The summed E-state index contributed by atoms with van der Waals surface area (Å²) in [6, 6.07) is 115. The van der Waals surface area contributed by atoms with E-state index in [9.17, 15) is 0 Å². The van der Waals surface area contributed by atoms with Crippen LogP contribution in [0.1, 0.15) is 43.2 Å². The molecule has 0 heterocycles. The predicted molar refractivity (Wildman–Crippen MR) is 345 cm³/mol. The van der Waals surface area contributed by atoms with E-state index in [0.29, 0.717) is 0 Å². The fourth-order valence-corrected chi connectivity index (χ4v) is 12.9. The molecule has 1 fully saturated rings. The van der Waals surface area contributed by atoms with Gasteiger partial charge in [0.2, 0.25) is 0 Å². The molecule has 4 nitrogen and oxygen atoms in total. The summed E-state index contributed by atoms with van der Waals surface area (Å²) >= 11 is 0. The lowest BCUT2D eigenvalue weighted by Gasteiger charge is -2.37. The molecule has 1 spiro atoms. The summed E-state index contributed by atoms with van der Waals surface area (Å²) in [5, 5.41) is 0. The van der Waals surface area contributed by atoms with Gasteiger partial charge in [-0.25, -0.2) is 0 Å². The fraction of sp³-hybridized carbons (Fsp3) is 0.0769. The summed E-state index contributed by atoms with van der Waals surface area (Å²) in [6.45, 7) is 0. The third-order valence-electron chi connectivity index (χ3n) is 16.8. The Kier molecular flexibility index (Phi) is 13.5. The largest absolute Gasteiger partial charge is 0.311 e. The first-order valence-electron chi connectivity index (χ1n) is 28.9. The topological polar surface area (TPSA) is 13.0 Å². The Hall–Kier alpha value is -10.2. The lowest BCUT2D eigenvalue weighted by Crippen LogP contribution is -2.28. The molecule has 2 aliphatic carbocycles. The molecule has 394 valence electrons. The second-order valence-electron chi connectivity index (χ2n) is 21.6. The standard InChI is InChI=1S/C78H62N4/c1-8-22-62(23-9-1)79(63-24-10-2-11-25-63)68-42-34-58(35-43-68)59-36-44-69(45-37-59)80(64-26-12-3-13-27-64)70-46-38-60(39-47-70)61-40-48-71(49-41-61)82(67-32-18-6-19-33-67)73-51-53-75-74-52-50-72(56-76(74)78(77(75)57-73)54-20-7-21-55-78)81(65-28-14-4-15-29-65)66-30-16-5-17-31-66/h1-6,8-19,22-53,56-57H,7,20-21,54-55H2. The van der Waals surface area contributed by atoms with Gasteiger partial charge in [-0.1, -0.05) is 189 Å². The molecular formula is C78H62N4. The van der Waals surface area contributed by atoms with E-state index < -0.39 is 0 Å². The normalized spacial score (nSPS) is 13.0. The molecule has 0 atom stereocenters. The number of benzene rings is 12. The Bertz CT molecular complexity index is 3990. The van der Waals surface area contributed by atoms with Crippen LogP contribution in [0.2, 0.25) is 0 Å². The highest BCUT2D eigenvalue weighted by atomic mass is 15.2. The van der Waals surface area contributed by atoms with Gasteiger partial charge in [-0.3, -0.25) is 0 Å². The zero-order valence-corrected chi connectivity index (χ0v) is 45.8. The molecule has 12 aromatic carbocycles. The summed E-state index contributed by atoms with van der Waals surface area (Å²) in [5.41, 5.74) is 23.9. The third-order valence-corrected chi connectivity index (χ3v) is 16.8. The van der Waals surface area contributed by atoms with Gasteiger partial charge in [0, 0.05) is 73.7 Å². The van der Waals surface area contributed by atoms with Crippen molar-refractivity contribution in [2.45, 2.75) is 37.5 Å². The molecule has 2 aliphatic rings. The SMILES string of the molecule is c1ccc(N(c2ccccc2)c2ccc(-c3ccc(N(c4ccccc4)c4ccc(-c5ccc(N(c6ccccc6)c6ccc7c(c6)C6(CCCCC6)c6cc(N(c8ccccc8)c8ccccc8)ccc6-7)cc5)cc4)cc3)cc2)cc1. The average Bonchev–Trinajstić information content (AvgIpc) is 4.06. The van der Waals surface area contributed by atoms with Gasteiger partial charge < -0.3 is 19.6 Å². The summed E-state index contributed by atoms with van der Waals surface area (Å²) < 4.78 is 0. The van der Waals surface area contributed by atoms with Crippen molar-refractivity contribution in [3.63, 3.8) is 0 Å². The van der Waals surface area contributed by atoms with Crippen molar-refractivity contribution in [2.75, 3.05) is 19.6 Å². The smallest absolute Gasteiger partial charge is 0.0465 e. The van der Waals surface area contributed by atoms with Crippen molar-refractivity contribution in [1.29, 1.82) is 0 Å². The van der Waals surface area contributed by atoms with Crippen LogP contribution in [0.5, 0.6) is 0 Å². The van der Waals surface area contributed by atoms with Crippen LogP contribution in [0, 0.1) is 0 Å². The van der Waals surface area contributed by atoms with Gasteiger partial charge in [0.1, 0.15) is 0 Å². The van der Waals surface area contributed by atoms with Gasteiger partial charge in [-0.15, -0.1) is 0 Å². The van der Waals surface area contributed by atoms with E-state index in [1.807, 2.05) is 0 Å². The van der Waals surface area contributed by atoms with E-state index in [1.165, 1.54) is 69.6 Å². The maximum Gasteiger partial charge on any atom is 0.0465 e. The number of fused-ring (bicyclic) bond motifs is 5. The molecule has 0 unspecified atom stereocenters. The molecule has 0 saturated heterocycles. The van der Waals surface area contributed by atoms with Gasteiger partial charge >= 0.3 is 0 Å². The Morgan fingerprint density at radius 1 is 0.195 bits per heavy atom. The third kappa shape index (κ3) is 9.58. The maximum absolute atomic E-state index is 2.53. The summed E-state index contributed by atoms with van der Waals surface area (Å²) in [7, 11) is 0. The summed E-state index contributed by atoms with van der Waals surface area (Å²) in [6.07, 6.45) is 6.01. The van der Waals surface area contributed by atoms with Gasteiger partial charge in [0.15, 0.2) is 0 Å². The highest BCUT2D eigenvalue weighted by Crippen LogP contribution is 2.58. The summed E-state index contributed by atoms with van der Waals surface area (Å²) in [5.74, 6) is 0. The monoisotopic (exact) mass is 1050 g/mol. The van der Waals surface area contributed by atoms with Crippen LogP contribution in [0.15, 0.2) is 315 Å². The van der Waals surface area contributed by atoms with Crippen LogP contribution >= 0.6 is 0 Å². The zero-order chi connectivity index (χ0) is 54.7. The minimum atomic E-state index is -0.0610. The zero-order valence-electron chi connectivity index (χ0n) is 45.8. The molecule has 14 rings (SSSR count). The van der Waals surface area contributed by atoms with Gasteiger partial charge in [-0.2, -0.15) is 0 Å². The van der Waals surface area contributed by atoms with Crippen molar-refractivity contribution in [1.82, 2.24) is 0 Å². The Labute approximate surface area is 482 Å². The molecule has 1 saturated carbocycles. The quantitative estimate of drug-likeness (QED) is 0.108.